The second-order valence-corrected chi connectivity index (χ2v) is 5.68. The van der Waals surface area contributed by atoms with E-state index in [2.05, 4.69) is 0 Å². The number of esters is 1. The summed E-state index contributed by atoms with van der Waals surface area (Å²) in [5, 5.41) is 0. The molecule has 1 rings (SSSR count). The van der Waals surface area contributed by atoms with Gasteiger partial charge in [0.2, 0.25) is 10.0 Å². The minimum Gasteiger partial charge on any atom is -0.461 e. The zero-order valence-electron chi connectivity index (χ0n) is 9.79. The van der Waals surface area contributed by atoms with Crippen molar-refractivity contribution in [3.8, 4) is 0 Å². The molecule has 0 aliphatic carbocycles. The predicted molar refractivity (Wildman–Crippen MR) is 64.2 cm³/mol. The molecule has 17 heavy (non-hydrogen) atoms. The maximum atomic E-state index is 11.5. The van der Waals surface area contributed by atoms with Crippen LogP contribution >= 0.6 is 0 Å². The number of hydrogen-bond donors (Lipinski definition) is 0. The summed E-state index contributed by atoms with van der Waals surface area (Å²) in [6.07, 6.45) is 1.10. The van der Waals surface area contributed by atoms with E-state index < -0.39 is 16.0 Å². The highest BCUT2D eigenvalue weighted by Crippen LogP contribution is 2.01. The molecule has 1 aromatic rings. The molecule has 0 atom stereocenters. The average molecular weight is 257 g/mol. The second-order valence-electron chi connectivity index (χ2n) is 3.59. The highest BCUT2D eigenvalue weighted by molar-refractivity contribution is 7.88. The molecule has 0 radical (unpaired) electrons. The number of carbonyl (C=O) groups excluding carboxylic acids is 1. The lowest BCUT2D eigenvalue weighted by Gasteiger charge is -2.13. The molecule has 0 spiro atoms. The largest absolute Gasteiger partial charge is 0.461 e. The molecule has 0 saturated heterocycles. The van der Waals surface area contributed by atoms with Gasteiger partial charge < -0.3 is 4.74 Å². The van der Waals surface area contributed by atoms with Crippen LogP contribution in [0.5, 0.6) is 0 Å². The van der Waals surface area contributed by atoms with Crippen molar-refractivity contribution in [2.75, 3.05) is 26.5 Å². The van der Waals surface area contributed by atoms with Crippen LogP contribution in [0, 0.1) is 0 Å². The van der Waals surface area contributed by atoms with Gasteiger partial charge in [0.1, 0.15) is 6.61 Å². The van der Waals surface area contributed by atoms with Crippen LogP contribution < -0.4 is 0 Å². The summed E-state index contributed by atoms with van der Waals surface area (Å²) in [5.74, 6) is -0.451. The molecule has 0 amide bonds. The summed E-state index contributed by atoms with van der Waals surface area (Å²) in [5.41, 5.74) is 0.453. The van der Waals surface area contributed by atoms with Gasteiger partial charge in [-0.05, 0) is 12.1 Å². The molecule has 5 nitrogen and oxygen atoms in total. The van der Waals surface area contributed by atoms with E-state index in [0.29, 0.717) is 5.56 Å². The average Bonchev–Trinajstić information content (AvgIpc) is 2.28. The number of likely N-dealkylation sites (N-methyl/N-ethyl adjacent to an activating group) is 1. The van der Waals surface area contributed by atoms with Crippen LogP contribution in [0.3, 0.4) is 0 Å². The Morgan fingerprint density at radius 2 is 1.88 bits per heavy atom. The van der Waals surface area contributed by atoms with Gasteiger partial charge in [-0.3, -0.25) is 0 Å². The smallest absolute Gasteiger partial charge is 0.338 e. The van der Waals surface area contributed by atoms with Crippen LogP contribution in [0.2, 0.25) is 0 Å². The van der Waals surface area contributed by atoms with Gasteiger partial charge in [-0.1, -0.05) is 18.2 Å². The Hall–Kier alpha value is -1.40. The number of ether oxygens (including phenoxy) is 1. The van der Waals surface area contributed by atoms with E-state index in [1.165, 1.54) is 7.05 Å². The van der Waals surface area contributed by atoms with Gasteiger partial charge in [-0.25, -0.2) is 17.5 Å². The SMILES string of the molecule is CN(CCOC(=O)c1ccccc1)S(C)(=O)=O. The first-order valence-electron chi connectivity index (χ1n) is 5.05. The third kappa shape index (κ3) is 4.54. The van der Waals surface area contributed by atoms with E-state index >= 15 is 0 Å². The van der Waals surface area contributed by atoms with Gasteiger partial charge in [0.25, 0.3) is 0 Å². The number of benzene rings is 1. The molecule has 0 fully saturated rings. The van der Waals surface area contributed by atoms with Crippen LogP contribution in [-0.2, 0) is 14.8 Å². The van der Waals surface area contributed by atoms with Crippen molar-refractivity contribution < 1.29 is 17.9 Å². The van der Waals surface area contributed by atoms with Gasteiger partial charge in [-0.2, -0.15) is 0 Å². The van der Waals surface area contributed by atoms with Crippen molar-refractivity contribution in [2.45, 2.75) is 0 Å². The highest BCUT2D eigenvalue weighted by atomic mass is 32.2. The van der Waals surface area contributed by atoms with E-state index in [4.69, 9.17) is 4.74 Å². The third-order valence-electron chi connectivity index (χ3n) is 2.21. The van der Waals surface area contributed by atoms with Crippen molar-refractivity contribution in [3.05, 3.63) is 35.9 Å². The fourth-order valence-corrected chi connectivity index (χ4v) is 1.50. The summed E-state index contributed by atoms with van der Waals surface area (Å²) >= 11 is 0. The number of carbonyl (C=O) groups is 1. The molecule has 6 heteroatoms. The number of nitrogens with zero attached hydrogens (tertiary/aromatic N) is 1. The Morgan fingerprint density at radius 1 is 1.29 bits per heavy atom. The number of rotatable bonds is 5. The summed E-state index contributed by atoms with van der Waals surface area (Å²) < 4.78 is 28.2. The lowest BCUT2D eigenvalue weighted by molar-refractivity contribution is 0.0494. The van der Waals surface area contributed by atoms with E-state index in [1.54, 1.807) is 30.3 Å². The standard InChI is InChI=1S/C11H15NO4S/c1-12(17(2,14)15)8-9-16-11(13)10-6-4-3-5-7-10/h3-7H,8-9H2,1-2H3. The van der Waals surface area contributed by atoms with Crippen molar-refractivity contribution in [1.82, 2.24) is 4.31 Å². The number of hydrogen-bond acceptors (Lipinski definition) is 4. The maximum Gasteiger partial charge on any atom is 0.338 e. The van der Waals surface area contributed by atoms with E-state index in [9.17, 15) is 13.2 Å². The first-order chi connectivity index (χ1) is 7.91. The van der Waals surface area contributed by atoms with Gasteiger partial charge in [0.05, 0.1) is 11.8 Å². The van der Waals surface area contributed by atoms with Crippen LogP contribution in [0.25, 0.3) is 0 Å². The molecular formula is C11H15NO4S. The molecule has 0 aliphatic rings. The van der Waals surface area contributed by atoms with Crippen LogP contribution in [0.15, 0.2) is 30.3 Å². The fraction of sp³-hybridized carbons (Fsp3) is 0.364. The van der Waals surface area contributed by atoms with Crippen LogP contribution in [0.1, 0.15) is 10.4 Å². The molecule has 0 aliphatic heterocycles. The first kappa shape index (κ1) is 13.7. The summed E-state index contributed by atoms with van der Waals surface area (Å²) in [7, 11) is -1.79. The zero-order chi connectivity index (χ0) is 12.9. The van der Waals surface area contributed by atoms with Gasteiger partial charge >= 0.3 is 5.97 Å². The van der Waals surface area contributed by atoms with Crippen molar-refractivity contribution in [1.29, 1.82) is 0 Å². The van der Waals surface area contributed by atoms with Gasteiger partial charge in [0, 0.05) is 13.6 Å². The molecule has 0 heterocycles. The van der Waals surface area contributed by atoms with Crippen molar-refractivity contribution in [2.24, 2.45) is 0 Å². The van der Waals surface area contributed by atoms with Crippen LogP contribution in [-0.4, -0.2) is 45.1 Å². The Bertz CT molecular complexity index is 470. The molecule has 0 N–H and O–H groups in total. The summed E-state index contributed by atoms with van der Waals surface area (Å²) in [4.78, 5) is 11.5. The predicted octanol–water partition coefficient (Wildman–Crippen LogP) is 0.735. The second kappa shape index (κ2) is 5.79. The van der Waals surface area contributed by atoms with Crippen LogP contribution in [0.4, 0.5) is 0 Å². The molecule has 0 saturated carbocycles. The molecule has 0 unspecified atom stereocenters. The Labute approximate surface area is 101 Å². The highest BCUT2D eigenvalue weighted by Gasteiger charge is 2.12. The molecular weight excluding hydrogens is 242 g/mol. The molecule has 1 aromatic carbocycles. The molecule has 0 aromatic heterocycles. The summed E-state index contributed by atoms with van der Waals surface area (Å²) in [6.45, 7) is 0.189. The van der Waals surface area contributed by atoms with Crippen molar-refractivity contribution >= 4 is 16.0 Å². The topological polar surface area (TPSA) is 63.7 Å². The normalized spacial score (nSPS) is 11.5. The minimum atomic E-state index is -3.22. The lowest BCUT2D eigenvalue weighted by atomic mass is 10.2. The minimum absolute atomic E-state index is 0.0390. The zero-order valence-corrected chi connectivity index (χ0v) is 10.6. The lowest BCUT2D eigenvalue weighted by Crippen LogP contribution is -2.29. The number of sulfonamides is 1. The Balaban J connectivity index is 2.41. The first-order valence-corrected chi connectivity index (χ1v) is 6.89. The van der Waals surface area contributed by atoms with Gasteiger partial charge in [-0.15, -0.1) is 0 Å². The monoisotopic (exact) mass is 257 g/mol. The molecule has 94 valence electrons. The molecule has 0 bridgehead atoms. The van der Waals surface area contributed by atoms with E-state index in [1.807, 2.05) is 0 Å². The van der Waals surface area contributed by atoms with Gasteiger partial charge in [0.15, 0.2) is 0 Å². The Morgan fingerprint density at radius 3 is 2.41 bits per heavy atom. The third-order valence-corrected chi connectivity index (χ3v) is 3.53. The fourth-order valence-electron chi connectivity index (χ4n) is 1.09. The summed E-state index contributed by atoms with van der Waals surface area (Å²) in [6, 6.07) is 8.55. The maximum absolute atomic E-state index is 11.5. The van der Waals surface area contributed by atoms with E-state index in [0.717, 1.165) is 10.6 Å². The van der Waals surface area contributed by atoms with E-state index in [-0.39, 0.29) is 13.2 Å². The quantitative estimate of drug-likeness (QED) is 0.730. The van der Waals surface area contributed by atoms with Crippen molar-refractivity contribution in [3.63, 3.8) is 0 Å². The Kier molecular flexibility index (Phi) is 4.65.